The van der Waals surface area contributed by atoms with Gasteiger partial charge in [-0.15, -0.1) is 0 Å². The van der Waals surface area contributed by atoms with Gasteiger partial charge in [0.1, 0.15) is 17.1 Å². The van der Waals surface area contributed by atoms with Gasteiger partial charge in [-0.05, 0) is 49.2 Å². The van der Waals surface area contributed by atoms with E-state index in [0.717, 1.165) is 24.2 Å². The standard InChI is InChI=1S/C18H20N2O4/c1-3-4-10-24-13-8-9-14(12(2)11-13)20-17(21)15-6-5-7-16(19-15)18(22)23/h5-9,11H,3-4,10H2,1-2H3,(H,20,21)(H,22,23). The molecule has 0 saturated heterocycles. The van der Waals surface area contributed by atoms with E-state index < -0.39 is 11.9 Å². The third-order valence-corrected chi connectivity index (χ3v) is 3.41. The fourth-order valence-corrected chi connectivity index (χ4v) is 2.07. The summed E-state index contributed by atoms with van der Waals surface area (Å²) < 4.78 is 5.62. The molecule has 0 aliphatic heterocycles. The van der Waals surface area contributed by atoms with E-state index in [1.54, 1.807) is 12.1 Å². The number of hydrogen-bond acceptors (Lipinski definition) is 4. The molecule has 1 aromatic carbocycles. The second-order valence-corrected chi connectivity index (χ2v) is 5.35. The molecule has 0 aliphatic rings. The number of carboxylic acid groups (broad SMARTS) is 1. The minimum absolute atomic E-state index is 0.0533. The molecule has 1 aromatic heterocycles. The van der Waals surface area contributed by atoms with E-state index >= 15 is 0 Å². The van der Waals surface area contributed by atoms with E-state index in [2.05, 4.69) is 17.2 Å². The van der Waals surface area contributed by atoms with Gasteiger partial charge in [-0.3, -0.25) is 4.79 Å². The highest BCUT2D eigenvalue weighted by atomic mass is 16.5. The van der Waals surface area contributed by atoms with Crippen LogP contribution in [0.1, 0.15) is 46.3 Å². The molecule has 0 bridgehead atoms. The first-order valence-electron chi connectivity index (χ1n) is 7.76. The Morgan fingerprint density at radius 2 is 1.96 bits per heavy atom. The number of anilines is 1. The second-order valence-electron chi connectivity index (χ2n) is 5.35. The first-order chi connectivity index (χ1) is 11.5. The molecule has 0 fully saturated rings. The van der Waals surface area contributed by atoms with Crippen molar-refractivity contribution in [3.05, 3.63) is 53.3 Å². The van der Waals surface area contributed by atoms with Crippen molar-refractivity contribution in [2.45, 2.75) is 26.7 Å². The summed E-state index contributed by atoms with van der Waals surface area (Å²) in [5.41, 5.74) is 1.37. The second kappa shape index (κ2) is 8.10. The van der Waals surface area contributed by atoms with E-state index in [4.69, 9.17) is 9.84 Å². The Morgan fingerprint density at radius 1 is 1.21 bits per heavy atom. The highest BCUT2D eigenvalue weighted by molar-refractivity contribution is 6.03. The molecule has 2 N–H and O–H groups in total. The number of ether oxygens (including phenoxy) is 1. The number of carbonyl (C=O) groups excluding carboxylic acids is 1. The quantitative estimate of drug-likeness (QED) is 0.759. The Labute approximate surface area is 140 Å². The van der Waals surface area contributed by atoms with Crippen molar-refractivity contribution >= 4 is 17.6 Å². The number of hydrogen-bond donors (Lipinski definition) is 2. The van der Waals surface area contributed by atoms with Gasteiger partial charge in [0, 0.05) is 5.69 Å². The molecule has 0 aliphatic carbocycles. The van der Waals surface area contributed by atoms with Crippen molar-refractivity contribution in [2.24, 2.45) is 0 Å². The van der Waals surface area contributed by atoms with Crippen LogP contribution in [0.25, 0.3) is 0 Å². The summed E-state index contributed by atoms with van der Waals surface area (Å²) in [6.07, 6.45) is 2.05. The van der Waals surface area contributed by atoms with Crippen molar-refractivity contribution in [1.29, 1.82) is 0 Å². The van der Waals surface area contributed by atoms with Gasteiger partial charge in [-0.1, -0.05) is 19.4 Å². The molecule has 6 heteroatoms. The number of amides is 1. The zero-order chi connectivity index (χ0) is 17.5. The Hall–Kier alpha value is -2.89. The molecule has 0 radical (unpaired) electrons. The Bertz CT molecular complexity index is 744. The maximum absolute atomic E-state index is 12.2. The van der Waals surface area contributed by atoms with Crippen LogP contribution in [0.5, 0.6) is 5.75 Å². The first-order valence-corrected chi connectivity index (χ1v) is 7.76. The number of pyridine rings is 1. The van der Waals surface area contributed by atoms with E-state index in [0.29, 0.717) is 12.3 Å². The van der Waals surface area contributed by atoms with Gasteiger partial charge < -0.3 is 15.2 Å². The topological polar surface area (TPSA) is 88.5 Å². The zero-order valence-corrected chi connectivity index (χ0v) is 13.7. The number of aromatic carboxylic acids is 1. The van der Waals surface area contributed by atoms with E-state index in [1.165, 1.54) is 18.2 Å². The smallest absolute Gasteiger partial charge is 0.354 e. The number of unbranched alkanes of at least 4 members (excludes halogenated alkanes) is 1. The average molecular weight is 328 g/mol. The number of rotatable bonds is 7. The van der Waals surface area contributed by atoms with Crippen LogP contribution in [0.2, 0.25) is 0 Å². The first kappa shape index (κ1) is 17.5. The maximum atomic E-state index is 12.2. The van der Waals surface area contributed by atoms with Crippen LogP contribution in [0.15, 0.2) is 36.4 Å². The summed E-state index contributed by atoms with van der Waals surface area (Å²) in [6.45, 7) is 4.62. The number of carboxylic acids is 1. The van der Waals surface area contributed by atoms with Crippen molar-refractivity contribution in [3.63, 3.8) is 0 Å². The molecular formula is C18H20N2O4. The van der Waals surface area contributed by atoms with Crippen molar-refractivity contribution in [1.82, 2.24) is 4.98 Å². The van der Waals surface area contributed by atoms with Gasteiger partial charge in [0.2, 0.25) is 0 Å². The van der Waals surface area contributed by atoms with E-state index in [-0.39, 0.29) is 11.4 Å². The summed E-state index contributed by atoms with van der Waals surface area (Å²) in [6, 6.07) is 9.70. The van der Waals surface area contributed by atoms with Gasteiger partial charge in [-0.25, -0.2) is 9.78 Å². The summed E-state index contributed by atoms with van der Waals surface area (Å²) in [4.78, 5) is 27.0. The lowest BCUT2D eigenvalue weighted by Gasteiger charge is -2.11. The van der Waals surface area contributed by atoms with Crippen LogP contribution in [-0.2, 0) is 0 Å². The average Bonchev–Trinajstić information content (AvgIpc) is 2.57. The Morgan fingerprint density at radius 3 is 2.62 bits per heavy atom. The normalized spacial score (nSPS) is 10.2. The van der Waals surface area contributed by atoms with Crippen molar-refractivity contribution in [2.75, 3.05) is 11.9 Å². The monoisotopic (exact) mass is 328 g/mol. The molecule has 2 aromatic rings. The van der Waals surface area contributed by atoms with Crippen LogP contribution in [-0.4, -0.2) is 28.6 Å². The fraction of sp³-hybridized carbons (Fsp3) is 0.278. The molecular weight excluding hydrogens is 308 g/mol. The van der Waals surface area contributed by atoms with Crippen LogP contribution < -0.4 is 10.1 Å². The molecule has 6 nitrogen and oxygen atoms in total. The maximum Gasteiger partial charge on any atom is 0.354 e. The highest BCUT2D eigenvalue weighted by Gasteiger charge is 2.12. The molecule has 0 saturated carbocycles. The summed E-state index contributed by atoms with van der Waals surface area (Å²) in [7, 11) is 0. The molecule has 2 rings (SSSR count). The molecule has 24 heavy (non-hydrogen) atoms. The minimum atomic E-state index is -1.17. The number of benzene rings is 1. The predicted octanol–water partition coefficient (Wildman–Crippen LogP) is 3.52. The molecule has 1 amide bonds. The lowest BCUT2D eigenvalue weighted by atomic mass is 10.2. The van der Waals surface area contributed by atoms with Gasteiger partial charge >= 0.3 is 5.97 Å². The third-order valence-electron chi connectivity index (χ3n) is 3.41. The highest BCUT2D eigenvalue weighted by Crippen LogP contribution is 2.22. The van der Waals surface area contributed by atoms with Crippen LogP contribution in [0.3, 0.4) is 0 Å². The molecule has 0 atom stereocenters. The fourth-order valence-electron chi connectivity index (χ4n) is 2.07. The van der Waals surface area contributed by atoms with E-state index in [1.807, 2.05) is 13.0 Å². The van der Waals surface area contributed by atoms with Crippen molar-refractivity contribution in [3.8, 4) is 5.75 Å². The lowest BCUT2D eigenvalue weighted by Crippen LogP contribution is -2.16. The Kier molecular flexibility index (Phi) is 5.89. The zero-order valence-electron chi connectivity index (χ0n) is 13.7. The van der Waals surface area contributed by atoms with Gasteiger partial charge in [0.25, 0.3) is 5.91 Å². The summed E-state index contributed by atoms with van der Waals surface area (Å²) in [5, 5.41) is 11.7. The van der Waals surface area contributed by atoms with Gasteiger partial charge in [-0.2, -0.15) is 0 Å². The van der Waals surface area contributed by atoms with Gasteiger partial charge in [0.05, 0.1) is 6.61 Å². The molecule has 0 unspecified atom stereocenters. The van der Waals surface area contributed by atoms with Crippen LogP contribution in [0.4, 0.5) is 5.69 Å². The summed E-state index contributed by atoms with van der Waals surface area (Å²) >= 11 is 0. The molecule has 1 heterocycles. The summed E-state index contributed by atoms with van der Waals surface area (Å²) in [5.74, 6) is -0.875. The number of aryl methyl sites for hydroxylation is 1. The Balaban J connectivity index is 2.08. The van der Waals surface area contributed by atoms with Crippen molar-refractivity contribution < 1.29 is 19.4 Å². The minimum Gasteiger partial charge on any atom is -0.494 e. The van der Waals surface area contributed by atoms with Crippen LogP contribution in [0, 0.1) is 6.92 Å². The SMILES string of the molecule is CCCCOc1ccc(NC(=O)c2cccc(C(=O)O)n2)c(C)c1. The van der Waals surface area contributed by atoms with Crippen LogP contribution >= 0.6 is 0 Å². The number of nitrogens with one attached hydrogen (secondary N) is 1. The predicted molar refractivity (Wildman–Crippen MR) is 90.7 cm³/mol. The number of aromatic nitrogens is 1. The largest absolute Gasteiger partial charge is 0.494 e. The molecule has 0 spiro atoms. The van der Waals surface area contributed by atoms with Gasteiger partial charge in [0.15, 0.2) is 0 Å². The third kappa shape index (κ3) is 4.55. The van der Waals surface area contributed by atoms with E-state index in [9.17, 15) is 9.59 Å². The molecule has 126 valence electrons. The lowest BCUT2D eigenvalue weighted by molar-refractivity contribution is 0.0690. The number of carbonyl (C=O) groups is 2. The number of nitrogens with zero attached hydrogens (tertiary/aromatic N) is 1.